The molecule has 1 saturated carbocycles. The molecule has 0 bridgehead atoms. The third-order valence-corrected chi connectivity index (χ3v) is 6.13. The van der Waals surface area contributed by atoms with Crippen LogP contribution in [0.4, 0.5) is 4.79 Å². The average Bonchev–Trinajstić information content (AvgIpc) is 3.18. The Labute approximate surface area is 188 Å². The zero-order valence-corrected chi connectivity index (χ0v) is 20.4. The predicted octanol–water partition coefficient (Wildman–Crippen LogP) is 2.84. The summed E-state index contributed by atoms with van der Waals surface area (Å²) in [5.41, 5.74) is -0.818. The molecule has 2 N–H and O–H groups in total. The number of ether oxygens (including phenoxy) is 1. The van der Waals surface area contributed by atoms with Crippen LogP contribution < -0.4 is 10.6 Å². The molecule has 31 heavy (non-hydrogen) atoms. The summed E-state index contributed by atoms with van der Waals surface area (Å²) >= 11 is 0. The Morgan fingerprint density at radius 2 is 1.74 bits per heavy atom. The first kappa shape index (κ1) is 25.3. The van der Waals surface area contributed by atoms with E-state index in [0.29, 0.717) is 12.5 Å². The van der Waals surface area contributed by atoms with E-state index in [0.717, 1.165) is 70.7 Å². The maximum Gasteiger partial charge on any atom is 0.410 e. The molecule has 0 aromatic heterocycles. The van der Waals surface area contributed by atoms with Crippen LogP contribution in [0.2, 0.25) is 0 Å². The number of hydrogen-bond acceptors (Lipinski definition) is 4. The zero-order chi connectivity index (χ0) is 23.1. The van der Waals surface area contributed by atoms with E-state index >= 15 is 0 Å². The Balaban J connectivity index is 1.87. The third-order valence-electron chi connectivity index (χ3n) is 6.13. The van der Waals surface area contributed by atoms with Gasteiger partial charge in [0, 0.05) is 40.3 Å². The molecule has 178 valence electrons. The molecule has 2 amide bonds. The van der Waals surface area contributed by atoms with Crippen LogP contribution in [0.1, 0.15) is 66.2 Å². The normalized spacial score (nSPS) is 19.8. The first-order valence-corrected chi connectivity index (χ1v) is 11.8. The van der Waals surface area contributed by atoms with Crippen molar-refractivity contribution in [2.75, 3.05) is 46.8 Å². The molecule has 0 radical (unpaired) electrons. The smallest absolute Gasteiger partial charge is 0.410 e. The molecule has 1 aliphatic carbocycles. The maximum absolute atomic E-state index is 12.8. The second-order valence-electron chi connectivity index (χ2n) is 10.2. The molecule has 2 fully saturated rings. The number of hydrogen-bond donors (Lipinski definition) is 2. The SMILES string of the molecule is CCNC(=NCC1(C(=O)N(C)C)CCCC1)NCC1CCN(C(=O)OC(C)(C)C)CC1. The number of nitrogens with zero attached hydrogens (tertiary/aromatic N) is 3. The molecule has 8 heteroatoms. The lowest BCUT2D eigenvalue weighted by molar-refractivity contribution is -0.138. The van der Waals surface area contributed by atoms with Crippen LogP contribution in [0.15, 0.2) is 4.99 Å². The van der Waals surface area contributed by atoms with Crippen molar-refractivity contribution in [2.45, 2.75) is 71.8 Å². The molecule has 8 nitrogen and oxygen atoms in total. The van der Waals surface area contributed by atoms with E-state index in [-0.39, 0.29) is 17.4 Å². The Bertz CT molecular complexity index is 628. The first-order chi connectivity index (χ1) is 14.6. The number of rotatable bonds is 6. The number of carbonyl (C=O) groups is 2. The number of likely N-dealkylation sites (tertiary alicyclic amines) is 1. The fourth-order valence-electron chi connectivity index (χ4n) is 4.43. The van der Waals surface area contributed by atoms with Gasteiger partial charge in [-0.15, -0.1) is 0 Å². The summed E-state index contributed by atoms with van der Waals surface area (Å²) in [4.78, 5) is 33.3. The standard InChI is InChI=1S/C23H43N5O3/c1-7-24-20(26-17-23(12-8-9-13-23)19(29)27(5)6)25-16-18-10-14-28(15-11-18)21(30)31-22(2,3)4/h18H,7-17H2,1-6H3,(H2,24,25,26). The van der Waals surface area contributed by atoms with E-state index in [2.05, 4.69) is 10.6 Å². The molecular weight excluding hydrogens is 394 g/mol. The summed E-state index contributed by atoms with van der Waals surface area (Å²) in [7, 11) is 3.67. The molecule has 1 heterocycles. The van der Waals surface area contributed by atoms with Crippen molar-refractivity contribution in [3.63, 3.8) is 0 Å². The van der Waals surface area contributed by atoms with Gasteiger partial charge in [0.05, 0.1) is 12.0 Å². The van der Waals surface area contributed by atoms with Crippen molar-refractivity contribution in [1.29, 1.82) is 0 Å². The highest BCUT2D eigenvalue weighted by Gasteiger charge is 2.42. The second kappa shape index (κ2) is 11.0. The Kier molecular flexibility index (Phi) is 9.01. The monoisotopic (exact) mass is 437 g/mol. The second-order valence-corrected chi connectivity index (χ2v) is 10.2. The van der Waals surface area contributed by atoms with Crippen LogP contribution in [-0.2, 0) is 9.53 Å². The van der Waals surface area contributed by atoms with Crippen molar-refractivity contribution >= 4 is 18.0 Å². The third kappa shape index (κ3) is 7.58. The molecule has 1 aliphatic heterocycles. The minimum absolute atomic E-state index is 0.194. The van der Waals surface area contributed by atoms with Crippen LogP contribution in [-0.4, -0.2) is 80.2 Å². The topological polar surface area (TPSA) is 86.3 Å². The van der Waals surface area contributed by atoms with Crippen LogP contribution in [0.25, 0.3) is 0 Å². The van der Waals surface area contributed by atoms with Gasteiger partial charge in [-0.3, -0.25) is 9.79 Å². The largest absolute Gasteiger partial charge is 0.444 e. The number of piperidine rings is 1. The van der Waals surface area contributed by atoms with Crippen molar-refractivity contribution in [3.05, 3.63) is 0 Å². The van der Waals surface area contributed by atoms with Gasteiger partial charge in [-0.25, -0.2) is 4.79 Å². The number of nitrogens with one attached hydrogen (secondary N) is 2. The number of carbonyl (C=O) groups excluding carboxylic acids is 2. The van der Waals surface area contributed by atoms with Crippen LogP contribution in [0.3, 0.4) is 0 Å². The summed E-state index contributed by atoms with van der Waals surface area (Å²) in [6.45, 7) is 11.3. The van der Waals surface area contributed by atoms with Gasteiger partial charge in [-0.05, 0) is 59.3 Å². The molecule has 0 atom stereocenters. The van der Waals surface area contributed by atoms with Crippen molar-refractivity contribution in [3.8, 4) is 0 Å². The summed E-state index contributed by atoms with van der Waals surface area (Å²) in [5, 5.41) is 6.78. The van der Waals surface area contributed by atoms with E-state index in [4.69, 9.17) is 9.73 Å². The zero-order valence-electron chi connectivity index (χ0n) is 20.4. The highest BCUT2D eigenvalue weighted by Crippen LogP contribution is 2.39. The van der Waals surface area contributed by atoms with Gasteiger partial charge in [0.15, 0.2) is 5.96 Å². The minimum Gasteiger partial charge on any atom is -0.444 e. The maximum atomic E-state index is 12.8. The van der Waals surface area contributed by atoms with Gasteiger partial charge >= 0.3 is 6.09 Å². The van der Waals surface area contributed by atoms with Gasteiger partial charge in [0.2, 0.25) is 5.91 Å². The van der Waals surface area contributed by atoms with Gasteiger partial charge < -0.3 is 25.2 Å². The van der Waals surface area contributed by atoms with Gasteiger partial charge in [-0.2, -0.15) is 0 Å². The van der Waals surface area contributed by atoms with E-state index in [1.54, 1.807) is 9.80 Å². The molecule has 0 spiro atoms. The van der Waals surface area contributed by atoms with Crippen molar-refractivity contribution in [2.24, 2.45) is 16.3 Å². The summed E-state index contributed by atoms with van der Waals surface area (Å²) in [5.74, 6) is 1.44. The van der Waals surface area contributed by atoms with Crippen LogP contribution in [0, 0.1) is 11.3 Å². The lowest BCUT2D eigenvalue weighted by atomic mass is 9.85. The van der Waals surface area contributed by atoms with Crippen molar-refractivity contribution in [1.82, 2.24) is 20.4 Å². The number of amides is 2. The molecular formula is C23H43N5O3. The number of guanidine groups is 1. The van der Waals surface area contributed by atoms with E-state index in [1.165, 1.54) is 0 Å². The Morgan fingerprint density at radius 1 is 1.13 bits per heavy atom. The fourth-order valence-corrected chi connectivity index (χ4v) is 4.43. The van der Waals surface area contributed by atoms with Crippen molar-refractivity contribution < 1.29 is 14.3 Å². The average molecular weight is 438 g/mol. The Hall–Kier alpha value is -1.99. The summed E-state index contributed by atoms with van der Waals surface area (Å²) in [6.07, 6.45) is 5.67. The summed E-state index contributed by atoms with van der Waals surface area (Å²) < 4.78 is 5.48. The lowest BCUT2D eigenvalue weighted by Gasteiger charge is -2.33. The van der Waals surface area contributed by atoms with Gasteiger partial charge in [0.1, 0.15) is 5.60 Å². The molecule has 0 aromatic rings. The van der Waals surface area contributed by atoms with Crippen LogP contribution in [0.5, 0.6) is 0 Å². The molecule has 0 aromatic carbocycles. The van der Waals surface area contributed by atoms with Gasteiger partial charge in [0.25, 0.3) is 0 Å². The lowest BCUT2D eigenvalue weighted by Crippen LogP contribution is -2.46. The van der Waals surface area contributed by atoms with E-state index in [1.807, 2.05) is 41.8 Å². The van der Waals surface area contributed by atoms with E-state index in [9.17, 15) is 9.59 Å². The minimum atomic E-state index is -0.461. The Morgan fingerprint density at radius 3 is 2.26 bits per heavy atom. The molecule has 1 saturated heterocycles. The summed E-state index contributed by atoms with van der Waals surface area (Å²) in [6, 6.07) is 0. The van der Waals surface area contributed by atoms with Crippen LogP contribution >= 0.6 is 0 Å². The predicted molar refractivity (Wildman–Crippen MR) is 124 cm³/mol. The fraction of sp³-hybridized carbons (Fsp3) is 0.870. The first-order valence-electron chi connectivity index (χ1n) is 11.8. The highest BCUT2D eigenvalue weighted by molar-refractivity contribution is 5.84. The number of aliphatic imine (C=N–C) groups is 1. The quantitative estimate of drug-likeness (QED) is 0.493. The molecule has 2 aliphatic rings. The van der Waals surface area contributed by atoms with Gasteiger partial charge in [-0.1, -0.05) is 12.8 Å². The molecule has 0 unspecified atom stereocenters. The highest BCUT2D eigenvalue weighted by atomic mass is 16.6. The van der Waals surface area contributed by atoms with E-state index < -0.39 is 5.60 Å². The molecule has 2 rings (SSSR count).